The molecule has 11 nitrogen and oxygen atoms in total. The number of carbonyl (C=O) groups is 2. The molecule has 2 aromatic carbocycles. The Morgan fingerprint density at radius 1 is 1.09 bits per heavy atom. The van der Waals surface area contributed by atoms with Gasteiger partial charge in [0, 0.05) is 5.56 Å². The van der Waals surface area contributed by atoms with E-state index in [-0.39, 0.29) is 46.7 Å². The van der Waals surface area contributed by atoms with E-state index in [9.17, 15) is 14.9 Å². The van der Waals surface area contributed by atoms with Gasteiger partial charge in [0.15, 0.2) is 18.1 Å². The number of esters is 1. The molecule has 0 bridgehead atoms. The van der Waals surface area contributed by atoms with E-state index in [1.54, 1.807) is 36.4 Å². The summed E-state index contributed by atoms with van der Waals surface area (Å²) in [6, 6.07) is 13.1. The van der Waals surface area contributed by atoms with Crippen molar-refractivity contribution in [1.29, 1.82) is 5.26 Å². The fraction of sp³-hybridized carbons (Fsp3) is 0.136. The number of methoxy groups -OCH3 is 2. The van der Waals surface area contributed by atoms with Crippen LogP contribution in [0.4, 0.5) is 17.5 Å². The number of amides is 1. The standard InChI is InChI=1S/C22H20N6O5/c1-31-17-9-12(19-14(10-23)20(24)28-22(25)27-19)7-8-16(17)33-11-18(29)26-15-6-4-3-5-13(15)21(30)32-2/h3-9H,11H2,1-2H3,(H,26,29)(H4,24,25,27,28). The summed E-state index contributed by atoms with van der Waals surface area (Å²) in [4.78, 5) is 32.1. The van der Waals surface area contributed by atoms with Crippen LogP contribution in [0, 0.1) is 11.3 Å². The number of ether oxygens (including phenoxy) is 3. The molecule has 0 aliphatic carbocycles. The lowest BCUT2D eigenvalue weighted by atomic mass is 10.1. The topological polar surface area (TPSA) is 175 Å². The average molecular weight is 448 g/mol. The zero-order chi connectivity index (χ0) is 24.0. The normalized spacial score (nSPS) is 10.1. The van der Waals surface area contributed by atoms with Crippen molar-refractivity contribution in [2.75, 3.05) is 37.6 Å². The first kappa shape index (κ1) is 22.8. The van der Waals surface area contributed by atoms with E-state index in [1.807, 2.05) is 6.07 Å². The third-order valence-electron chi connectivity index (χ3n) is 4.47. The molecule has 3 rings (SSSR count). The molecule has 0 fully saturated rings. The van der Waals surface area contributed by atoms with Crippen LogP contribution in [0.5, 0.6) is 11.5 Å². The fourth-order valence-electron chi connectivity index (χ4n) is 2.96. The van der Waals surface area contributed by atoms with E-state index in [0.29, 0.717) is 11.3 Å². The number of nitrogens with two attached hydrogens (primary N) is 2. The van der Waals surface area contributed by atoms with Crippen LogP contribution in [-0.2, 0) is 9.53 Å². The highest BCUT2D eigenvalue weighted by Crippen LogP contribution is 2.34. The number of benzene rings is 2. The summed E-state index contributed by atoms with van der Waals surface area (Å²) in [6.45, 7) is -0.359. The number of nitrogen functional groups attached to an aromatic ring is 2. The molecule has 0 atom stereocenters. The van der Waals surface area contributed by atoms with Crippen molar-refractivity contribution in [2.45, 2.75) is 0 Å². The Morgan fingerprint density at radius 3 is 2.55 bits per heavy atom. The Labute approximate surface area is 188 Å². The first-order valence-electron chi connectivity index (χ1n) is 9.49. The van der Waals surface area contributed by atoms with Gasteiger partial charge >= 0.3 is 5.97 Å². The number of hydrogen-bond acceptors (Lipinski definition) is 10. The van der Waals surface area contributed by atoms with Crippen molar-refractivity contribution >= 4 is 29.3 Å². The van der Waals surface area contributed by atoms with Gasteiger partial charge in [-0.1, -0.05) is 12.1 Å². The van der Waals surface area contributed by atoms with Crippen LogP contribution in [0.1, 0.15) is 15.9 Å². The minimum absolute atomic E-state index is 0.0387. The third-order valence-corrected chi connectivity index (χ3v) is 4.47. The lowest BCUT2D eigenvalue weighted by Gasteiger charge is -2.14. The predicted molar refractivity (Wildman–Crippen MR) is 119 cm³/mol. The summed E-state index contributed by atoms with van der Waals surface area (Å²) < 4.78 is 15.6. The molecule has 0 saturated carbocycles. The molecular weight excluding hydrogens is 428 g/mol. The molecule has 1 aromatic heterocycles. The Morgan fingerprint density at radius 2 is 1.85 bits per heavy atom. The van der Waals surface area contributed by atoms with E-state index >= 15 is 0 Å². The summed E-state index contributed by atoms with van der Waals surface area (Å²) in [5.41, 5.74) is 12.7. The van der Waals surface area contributed by atoms with Gasteiger partial charge in [-0.3, -0.25) is 4.79 Å². The van der Waals surface area contributed by atoms with Gasteiger partial charge in [0.2, 0.25) is 5.95 Å². The summed E-state index contributed by atoms with van der Waals surface area (Å²) in [6.07, 6.45) is 0. The predicted octanol–water partition coefficient (Wildman–Crippen LogP) is 1.99. The minimum atomic E-state index is -0.577. The number of nitrogens with one attached hydrogen (secondary N) is 1. The van der Waals surface area contributed by atoms with Crippen molar-refractivity contribution in [3.05, 3.63) is 53.6 Å². The third kappa shape index (κ3) is 5.08. The molecule has 0 aliphatic heterocycles. The smallest absolute Gasteiger partial charge is 0.339 e. The Bertz CT molecular complexity index is 1250. The van der Waals surface area contributed by atoms with Crippen molar-refractivity contribution < 1.29 is 23.8 Å². The summed E-state index contributed by atoms with van der Waals surface area (Å²) >= 11 is 0. The maximum atomic E-state index is 12.4. The zero-order valence-corrected chi connectivity index (χ0v) is 17.8. The van der Waals surface area contributed by atoms with Crippen molar-refractivity contribution in [1.82, 2.24) is 9.97 Å². The monoisotopic (exact) mass is 448 g/mol. The highest BCUT2D eigenvalue weighted by Gasteiger charge is 2.17. The number of nitriles is 1. The first-order valence-corrected chi connectivity index (χ1v) is 9.49. The van der Waals surface area contributed by atoms with E-state index in [2.05, 4.69) is 15.3 Å². The average Bonchev–Trinajstić information content (AvgIpc) is 2.82. The number of anilines is 3. The number of carbonyl (C=O) groups excluding carboxylic acids is 2. The van der Waals surface area contributed by atoms with Crippen LogP contribution in [0.3, 0.4) is 0 Å². The van der Waals surface area contributed by atoms with Crippen LogP contribution < -0.4 is 26.3 Å². The highest BCUT2D eigenvalue weighted by molar-refractivity contribution is 6.01. The molecule has 5 N–H and O–H groups in total. The quantitative estimate of drug-likeness (QED) is 0.453. The maximum Gasteiger partial charge on any atom is 0.339 e. The lowest BCUT2D eigenvalue weighted by Crippen LogP contribution is -2.22. The minimum Gasteiger partial charge on any atom is -0.493 e. The SMILES string of the molecule is COC(=O)c1ccccc1NC(=O)COc1ccc(-c2nc(N)nc(N)c2C#N)cc1OC. The van der Waals surface area contributed by atoms with Crippen molar-refractivity contribution in [3.63, 3.8) is 0 Å². The van der Waals surface area contributed by atoms with Gasteiger partial charge in [-0.2, -0.15) is 10.2 Å². The molecule has 0 radical (unpaired) electrons. The summed E-state index contributed by atoms with van der Waals surface area (Å²) in [5.74, 6) is -0.638. The maximum absolute atomic E-state index is 12.4. The van der Waals surface area contributed by atoms with Gasteiger partial charge in [0.25, 0.3) is 5.91 Å². The second kappa shape index (κ2) is 9.97. The molecule has 0 saturated heterocycles. The zero-order valence-electron chi connectivity index (χ0n) is 17.8. The van der Waals surface area contributed by atoms with E-state index in [4.69, 9.17) is 25.7 Å². The van der Waals surface area contributed by atoms with Gasteiger partial charge in [-0.15, -0.1) is 0 Å². The highest BCUT2D eigenvalue weighted by atomic mass is 16.5. The molecule has 1 amide bonds. The van der Waals surface area contributed by atoms with Crippen LogP contribution in [0.2, 0.25) is 0 Å². The van der Waals surface area contributed by atoms with Crippen molar-refractivity contribution in [2.24, 2.45) is 0 Å². The molecule has 3 aromatic rings. The molecule has 168 valence electrons. The largest absolute Gasteiger partial charge is 0.493 e. The second-order valence-corrected chi connectivity index (χ2v) is 6.54. The molecule has 1 heterocycles. The van der Waals surface area contributed by atoms with Crippen LogP contribution >= 0.6 is 0 Å². The molecule has 11 heteroatoms. The lowest BCUT2D eigenvalue weighted by molar-refractivity contribution is -0.118. The van der Waals surface area contributed by atoms with Gasteiger partial charge < -0.3 is 31.0 Å². The van der Waals surface area contributed by atoms with E-state index in [0.717, 1.165) is 0 Å². The second-order valence-electron chi connectivity index (χ2n) is 6.54. The first-order chi connectivity index (χ1) is 15.9. The van der Waals surface area contributed by atoms with E-state index in [1.165, 1.54) is 20.3 Å². The number of nitrogens with zero attached hydrogens (tertiary/aromatic N) is 3. The molecule has 0 aliphatic rings. The summed E-state index contributed by atoms with van der Waals surface area (Å²) in [5, 5.41) is 12.0. The Kier molecular flexibility index (Phi) is 6.90. The molecular formula is C22H20N6O5. The van der Waals surface area contributed by atoms with Crippen LogP contribution in [0.25, 0.3) is 11.3 Å². The fourth-order valence-corrected chi connectivity index (χ4v) is 2.96. The summed E-state index contributed by atoms with van der Waals surface area (Å²) in [7, 11) is 2.68. The number of aromatic nitrogens is 2. The number of rotatable bonds is 7. The van der Waals surface area contributed by atoms with Crippen molar-refractivity contribution in [3.8, 4) is 28.8 Å². The molecule has 0 spiro atoms. The van der Waals surface area contributed by atoms with E-state index < -0.39 is 11.9 Å². The Balaban J connectivity index is 1.78. The number of hydrogen-bond donors (Lipinski definition) is 3. The number of para-hydroxylation sites is 1. The Hall–Kier alpha value is -4.85. The van der Waals surface area contributed by atoms with Gasteiger partial charge in [-0.25, -0.2) is 9.78 Å². The van der Waals surface area contributed by atoms with Gasteiger partial charge in [0.05, 0.1) is 31.2 Å². The molecule has 33 heavy (non-hydrogen) atoms. The van der Waals surface area contributed by atoms with Gasteiger partial charge in [-0.05, 0) is 30.3 Å². The van der Waals surface area contributed by atoms with Crippen LogP contribution in [0.15, 0.2) is 42.5 Å². The molecule has 0 unspecified atom stereocenters. The van der Waals surface area contributed by atoms with Crippen LogP contribution in [-0.4, -0.2) is 42.7 Å². The van der Waals surface area contributed by atoms with Gasteiger partial charge in [0.1, 0.15) is 17.5 Å².